The Kier molecular flexibility index (Phi) is 7.37. The second kappa shape index (κ2) is 10.4. The van der Waals surface area contributed by atoms with E-state index < -0.39 is 0 Å². The van der Waals surface area contributed by atoms with Gasteiger partial charge in [-0.05, 0) is 56.7 Å². The average Bonchev–Trinajstić information content (AvgIpc) is 3.17. The van der Waals surface area contributed by atoms with Crippen LogP contribution in [0.15, 0.2) is 62.9 Å². The molecule has 0 fully saturated rings. The van der Waals surface area contributed by atoms with Crippen LogP contribution in [0.25, 0.3) is 22.1 Å². The lowest BCUT2D eigenvalue weighted by atomic mass is 10.2. The molecule has 1 amide bonds. The summed E-state index contributed by atoms with van der Waals surface area (Å²) >= 11 is 7.11. The summed E-state index contributed by atoms with van der Waals surface area (Å²) in [7, 11) is 0. The first kappa shape index (κ1) is 23.4. The molecule has 0 bridgehead atoms. The molecular weight excluding hydrogens is 462 g/mol. The normalized spacial score (nSPS) is 11.5. The molecule has 0 saturated heterocycles. The lowest BCUT2D eigenvalue weighted by molar-refractivity contribution is -0.113. The van der Waals surface area contributed by atoms with Gasteiger partial charge in [0.25, 0.3) is 5.56 Å². The third-order valence-electron chi connectivity index (χ3n) is 4.88. The van der Waals surface area contributed by atoms with Crippen molar-refractivity contribution in [2.45, 2.75) is 38.1 Å². The number of hydrogen-bond donors (Lipinski definition) is 1. The van der Waals surface area contributed by atoms with Crippen molar-refractivity contribution >= 4 is 57.0 Å². The van der Waals surface area contributed by atoms with Gasteiger partial charge in [-0.25, -0.2) is 4.98 Å². The minimum atomic E-state index is -0.263. The number of carbonyl (C=O) groups excluding carboxylic acids is 1. The highest BCUT2D eigenvalue weighted by Crippen LogP contribution is 2.27. The molecule has 0 atom stereocenters. The number of aromatic nitrogens is 2. The van der Waals surface area contributed by atoms with Gasteiger partial charge in [0.2, 0.25) is 11.5 Å². The van der Waals surface area contributed by atoms with Crippen LogP contribution in [-0.2, 0) is 16.1 Å². The molecule has 0 unspecified atom stereocenters. The molecule has 9 heteroatoms. The Bertz CT molecular complexity index is 1330. The highest BCUT2D eigenvalue weighted by atomic mass is 35.5. The van der Waals surface area contributed by atoms with E-state index in [1.807, 2.05) is 38.1 Å². The molecular formula is C24H24ClN3O4S. The fourth-order valence-corrected chi connectivity index (χ4v) is 4.31. The number of hydrogen-bond acceptors (Lipinski definition) is 6. The van der Waals surface area contributed by atoms with E-state index in [0.29, 0.717) is 46.5 Å². The molecule has 2 aromatic carbocycles. The SMILES string of the molecule is CC(C)OCCCn1c(SCC(=O)Nc2ccc(Cl)cc2)nc2c(oc3ccccc32)c1=O. The third kappa shape index (κ3) is 5.58. The minimum Gasteiger partial charge on any atom is -0.448 e. The van der Waals surface area contributed by atoms with E-state index in [0.717, 1.165) is 5.39 Å². The Morgan fingerprint density at radius 3 is 2.73 bits per heavy atom. The summed E-state index contributed by atoms with van der Waals surface area (Å²) in [5.74, 6) is -0.109. The van der Waals surface area contributed by atoms with E-state index in [1.54, 1.807) is 28.8 Å². The number of amides is 1. The van der Waals surface area contributed by atoms with Crippen molar-refractivity contribution in [3.05, 3.63) is 63.9 Å². The van der Waals surface area contributed by atoms with E-state index in [4.69, 9.17) is 25.7 Å². The molecule has 172 valence electrons. The number of benzene rings is 2. The van der Waals surface area contributed by atoms with Crippen molar-refractivity contribution in [2.24, 2.45) is 0 Å². The van der Waals surface area contributed by atoms with Crippen molar-refractivity contribution < 1.29 is 13.9 Å². The topological polar surface area (TPSA) is 86.4 Å². The number of anilines is 1. The second-order valence-corrected chi connectivity index (χ2v) is 9.12. The van der Waals surface area contributed by atoms with Gasteiger partial charge in [0.15, 0.2) is 5.16 Å². The van der Waals surface area contributed by atoms with Crippen LogP contribution in [0.1, 0.15) is 20.3 Å². The van der Waals surface area contributed by atoms with Gasteiger partial charge in [0.05, 0.1) is 11.9 Å². The summed E-state index contributed by atoms with van der Waals surface area (Å²) in [5.41, 5.74) is 1.72. The fourth-order valence-electron chi connectivity index (χ4n) is 3.36. The molecule has 4 rings (SSSR count). The number of halogens is 1. The summed E-state index contributed by atoms with van der Waals surface area (Å²) in [6, 6.07) is 14.3. The van der Waals surface area contributed by atoms with Gasteiger partial charge in [0, 0.05) is 29.2 Å². The maximum absolute atomic E-state index is 13.3. The molecule has 1 N–H and O–H groups in total. The smallest absolute Gasteiger partial charge is 0.297 e. The highest BCUT2D eigenvalue weighted by molar-refractivity contribution is 7.99. The number of furan rings is 1. The monoisotopic (exact) mass is 485 g/mol. The van der Waals surface area contributed by atoms with Crippen LogP contribution in [0.3, 0.4) is 0 Å². The maximum Gasteiger partial charge on any atom is 0.297 e. The molecule has 0 aliphatic carbocycles. The van der Waals surface area contributed by atoms with Gasteiger partial charge >= 0.3 is 0 Å². The largest absolute Gasteiger partial charge is 0.448 e. The van der Waals surface area contributed by atoms with E-state index in [2.05, 4.69) is 5.32 Å². The summed E-state index contributed by atoms with van der Waals surface area (Å²) in [6.07, 6.45) is 0.749. The summed E-state index contributed by atoms with van der Waals surface area (Å²) in [6.45, 7) is 4.86. The number of thioether (sulfide) groups is 1. The third-order valence-corrected chi connectivity index (χ3v) is 6.11. The maximum atomic E-state index is 13.3. The van der Waals surface area contributed by atoms with Gasteiger partial charge in [-0.3, -0.25) is 14.2 Å². The molecule has 2 heterocycles. The molecule has 4 aromatic rings. The quantitative estimate of drug-likeness (QED) is 0.195. The lowest BCUT2D eigenvalue weighted by Gasteiger charge is -2.13. The van der Waals surface area contributed by atoms with Gasteiger partial charge < -0.3 is 14.5 Å². The van der Waals surface area contributed by atoms with Gasteiger partial charge in [-0.1, -0.05) is 35.5 Å². The van der Waals surface area contributed by atoms with Crippen LogP contribution in [0, 0.1) is 0 Å². The molecule has 33 heavy (non-hydrogen) atoms. The Labute approximate surface area is 200 Å². The van der Waals surface area contributed by atoms with Crippen molar-refractivity contribution in [2.75, 3.05) is 17.7 Å². The molecule has 0 radical (unpaired) electrons. The Morgan fingerprint density at radius 2 is 1.97 bits per heavy atom. The standard InChI is InChI=1S/C24H24ClN3O4S/c1-15(2)31-13-5-12-28-23(30)22-21(18-6-3-4-7-19(18)32-22)27-24(28)33-14-20(29)26-17-10-8-16(25)9-11-17/h3-4,6-11,15H,5,12-14H2,1-2H3,(H,26,29). The van der Waals surface area contributed by atoms with Crippen LogP contribution >= 0.6 is 23.4 Å². The van der Waals surface area contributed by atoms with Crippen LogP contribution in [0.5, 0.6) is 0 Å². The number of rotatable bonds is 9. The lowest BCUT2D eigenvalue weighted by Crippen LogP contribution is -2.24. The van der Waals surface area contributed by atoms with E-state index in [-0.39, 0.29) is 28.9 Å². The predicted octanol–water partition coefficient (Wildman–Crippen LogP) is 5.34. The Hall–Kier alpha value is -2.81. The fraction of sp³-hybridized carbons (Fsp3) is 0.292. The van der Waals surface area contributed by atoms with Gasteiger partial charge in [-0.2, -0.15) is 0 Å². The first-order valence-corrected chi connectivity index (χ1v) is 12.0. The number of fused-ring (bicyclic) bond motifs is 3. The predicted molar refractivity (Wildman–Crippen MR) is 132 cm³/mol. The summed E-state index contributed by atoms with van der Waals surface area (Å²) < 4.78 is 13.0. The van der Waals surface area contributed by atoms with Gasteiger partial charge in [-0.15, -0.1) is 0 Å². The van der Waals surface area contributed by atoms with Crippen molar-refractivity contribution in [3.8, 4) is 0 Å². The van der Waals surface area contributed by atoms with Crippen LogP contribution in [-0.4, -0.2) is 33.9 Å². The molecule has 0 saturated carbocycles. The zero-order valence-corrected chi connectivity index (χ0v) is 19.9. The second-order valence-electron chi connectivity index (χ2n) is 7.74. The summed E-state index contributed by atoms with van der Waals surface area (Å²) in [5, 5.41) is 4.66. The van der Waals surface area contributed by atoms with E-state index in [9.17, 15) is 9.59 Å². The zero-order chi connectivity index (χ0) is 23.4. The van der Waals surface area contributed by atoms with Crippen LogP contribution in [0.2, 0.25) is 5.02 Å². The number of nitrogens with zero attached hydrogens (tertiary/aromatic N) is 2. The number of carbonyl (C=O) groups is 1. The summed E-state index contributed by atoms with van der Waals surface area (Å²) in [4.78, 5) is 30.5. The molecule has 7 nitrogen and oxygen atoms in total. The zero-order valence-electron chi connectivity index (χ0n) is 18.3. The molecule has 0 spiro atoms. The molecule has 0 aliphatic heterocycles. The average molecular weight is 486 g/mol. The minimum absolute atomic E-state index is 0.0961. The van der Waals surface area contributed by atoms with Crippen molar-refractivity contribution in [1.82, 2.24) is 9.55 Å². The Balaban J connectivity index is 1.60. The van der Waals surface area contributed by atoms with Crippen LogP contribution in [0.4, 0.5) is 5.69 Å². The number of ether oxygens (including phenoxy) is 1. The highest BCUT2D eigenvalue weighted by Gasteiger charge is 2.18. The Morgan fingerprint density at radius 1 is 1.21 bits per heavy atom. The van der Waals surface area contributed by atoms with Crippen LogP contribution < -0.4 is 10.9 Å². The van der Waals surface area contributed by atoms with E-state index in [1.165, 1.54) is 11.8 Å². The van der Waals surface area contributed by atoms with Crippen molar-refractivity contribution in [3.63, 3.8) is 0 Å². The van der Waals surface area contributed by atoms with E-state index >= 15 is 0 Å². The first-order chi connectivity index (χ1) is 15.9. The first-order valence-electron chi connectivity index (χ1n) is 10.6. The molecule has 2 aromatic heterocycles. The number of para-hydroxylation sites is 1. The molecule has 0 aliphatic rings. The van der Waals surface area contributed by atoms with Gasteiger partial charge in [0.1, 0.15) is 11.1 Å². The van der Waals surface area contributed by atoms with Crippen molar-refractivity contribution in [1.29, 1.82) is 0 Å². The number of nitrogens with one attached hydrogen (secondary N) is 1.